The molecule has 6 nitrogen and oxygen atoms in total. The van der Waals surface area contributed by atoms with E-state index in [-0.39, 0.29) is 12.8 Å². The molecule has 0 bridgehead atoms. The molecule has 0 aromatic rings. The number of carbonyl (C=O) groups excluding carboxylic acids is 2. The van der Waals surface area contributed by atoms with Crippen LogP contribution in [0.15, 0.2) is 0 Å². The quantitative estimate of drug-likeness (QED) is 0.597. The Balaban J connectivity index is 3.05. The van der Waals surface area contributed by atoms with Crippen molar-refractivity contribution in [1.82, 2.24) is 0 Å². The molecule has 18 heavy (non-hydrogen) atoms. The molecule has 1 aliphatic rings. The minimum atomic E-state index is -1.61. The molecule has 0 saturated heterocycles. The van der Waals surface area contributed by atoms with E-state index in [2.05, 4.69) is 9.47 Å². The van der Waals surface area contributed by atoms with Crippen molar-refractivity contribution in [1.29, 1.82) is 0 Å². The van der Waals surface area contributed by atoms with E-state index in [1.165, 1.54) is 7.11 Å². The van der Waals surface area contributed by atoms with Crippen molar-refractivity contribution in [3.63, 3.8) is 0 Å². The van der Waals surface area contributed by atoms with E-state index >= 15 is 0 Å². The summed E-state index contributed by atoms with van der Waals surface area (Å²) in [5.41, 5.74) is -1.61. The number of carbonyl (C=O) groups is 3. The number of aliphatic carboxylic acids is 1. The van der Waals surface area contributed by atoms with Crippen LogP contribution in [0.25, 0.3) is 0 Å². The Morgan fingerprint density at radius 3 is 2.39 bits per heavy atom. The number of carboxylic acids is 1. The molecule has 1 rings (SSSR count). The average molecular weight is 258 g/mol. The average Bonchev–Trinajstić information content (AvgIpc) is 2.37. The van der Waals surface area contributed by atoms with Gasteiger partial charge in [0.15, 0.2) is 5.41 Å². The molecule has 2 atom stereocenters. The van der Waals surface area contributed by atoms with Gasteiger partial charge in [-0.1, -0.05) is 12.8 Å². The maximum absolute atomic E-state index is 11.9. The summed E-state index contributed by atoms with van der Waals surface area (Å²) in [5, 5.41) is 9.39. The predicted octanol–water partition coefficient (Wildman–Crippen LogP) is 0.984. The molecule has 1 fully saturated rings. The molecule has 2 unspecified atom stereocenters. The molecule has 1 N–H and O–H groups in total. The standard InChI is InChI=1S/C12H18O6/c1-17-9(13)7-8-5-3-4-6-12(8,10(14)15)11(16)18-2/h8H,3-7H2,1-2H3,(H,14,15). The number of hydrogen-bond donors (Lipinski definition) is 1. The number of hydrogen-bond acceptors (Lipinski definition) is 5. The summed E-state index contributed by atoms with van der Waals surface area (Å²) < 4.78 is 9.18. The second-order valence-electron chi connectivity index (χ2n) is 4.49. The van der Waals surface area contributed by atoms with Crippen molar-refractivity contribution >= 4 is 17.9 Å². The van der Waals surface area contributed by atoms with E-state index in [1.807, 2.05) is 0 Å². The number of esters is 2. The fourth-order valence-corrected chi connectivity index (χ4v) is 2.63. The Kier molecular flexibility index (Phi) is 4.69. The van der Waals surface area contributed by atoms with Crippen molar-refractivity contribution in [2.24, 2.45) is 11.3 Å². The van der Waals surface area contributed by atoms with Gasteiger partial charge in [0.2, 0.25) is 0 Å². The largest absolute Gasteiger partial charge is 0.480 e. The number of carboxylic acid groups (broad SMARTS) is 1. The van der Waals surface area contributed by atoms with Crippen molar-refractivity contribution < 1.29 is 29.0 Å². The third-order valence-corrected chi connectivity index (χ3v) is 3.64. The number of rotatable bonds is 4. The van der Waals surface area contributed by atoms with Gasteiger partial charge in [-0.25, -0.2) is 0 Å². The molecule has 0 aromatic heterocycles. The minimum Gasteiger partial charge on any atom is -0.480 e. The van der Waals surface area contributed by atoms with Crippen LogP contribution in [0.3, 0.4) is 0 Å². The molecule has 1 aliphatic carbocycles. The van der Waals surface area contributed by atoms with Crippen LogP contribution in [0.1, 0.15) is 32.1 Å². The Morgan fingerprint density at radius 1 is 1.22 bits per heavy atom. The van der Waals surface area contributed by atoms with Gasteiger partial charge < -0.3 is 14.6 Å². The van der Waals surface area contributed by atoms with Crippen LogP contribution in [0.4, 0.5) is 0 Å². The highest BCUT2D eigenvalue weighted by Gasteiger charge is 2.55. The van der Waals surface area contributed by atoms with Gasteiger partial charge in [0.1, 0.15) is 0 Å². The van der Waals surface area contributed by atoms with Crippen LogP contribution in [0.2, 0.25) is 0 Å². The molecular formula is C12H18O6. The van der Waals surface area contributed by atoms with Crippen molar-refractivity contribution in [3.05, 3.63) is 0 Å². The molecule has 0 aromatic carbocycles. The smallest absolute Gasteiger partial charge is 0.323 e. The van der Waals surface area contributed by atoms with Crippen molar-refractivity contribution in [2.45, 2.75) is 32.1 Å². The van der Waals surface area contributed by atoms with E-state index < -0.39 is 29.2 Å². The lowest BCUT2D eigenvalue weighted by Crippen LogP contribution is -2.49. The van der Waals surface area contributed by atoms with Crippen LogP contribution in [-0.4, -0.2) is 37.2 Å². The maximum atomic E-state index is 11.9. The second-order valence-corrected chi connectivity index (χ2v) is 4.49. The number of methoxy groups -OCH3 is 2. The molecule has 0 radical (unpaired) electrons. The lowest BCUT2D eigenvalue weighted by Gasteiger charge is -2.37. The Bertz CT molecular complexity index is 350. The molecule has 0 spiro atoms. The van der Waals surface area contributed by atoms with Crippen LogP contribution >= 0.6 is 0 Å². The summed E-state index contributed by atoms with van der Waals surface area (Å²) in [6.45, 7) is 0. The first-order chi connectivity index (χ1) is 8.48. The van der Waals surface area contributed by atoms with Gasteiger partial charge in [-0.05, 0) is 18.8 Å². The molecule has 0 aliphatic heterocycles. The summed E-state index contributed by atoms with van der Waals surface area (Å²) in [5.74, 6) is -3.06. The van der Waals surface area contributed by atoms with Crippen LogP contribution in [0, 0.1) is 11.3 Å². The zero-order valence-corrected chi connectivity index (χ0v) is 10.6. The molecule has 6 heteroatoms. The fourth-order valence-electron chi connectivity index (χ4n) is 2.63. The van der Waals surface area contributed by atoms with Gasteiger partial charge in [-0.15, -0.1) is 0 Å². The topological polar surface area (TPSA) is 89.9 Å². The minimum absolute atomic E-state index is 0.0715. The molecule has 1 saturated carbocycles. The van der Waals surface area contributed by atoms with Crippen molar-refractivity contribution in [3.8, 4) is 0 Å². The Morgan fingerprint density at radius 2 is 1.89 bits per heavy atom. The fraction of sp³-hybridized carbons (Fsp3) is 0.750. The van der Waals surface area contributed by atoms with Gasteiger partial charge in [-0.2, -0.15) is 0 Å². The van der Waals surface area contributed by atoms with E-state index in [9.17, 15) is 19.5 Å². The normalized spacial score (nSPS) is 27.3. The van der Waals surface area contributed by atoms with E-state index in [1.54, 1.807) is 0 Å². The van der Waals surface area contributed by atoms with Gasteiger partial charge in [0.05, 0.1) is 14.2 Å². The Hall–Kier alpha value is -1.59. The Labute approximate surface area is 105 Å². The summed E-state index contributed by atoms with van der Waals surface area (Å²) in [7, 11) is 2.41. The van der Waals surface area contributed by atoms with Gasteiger partial charge in [0.25, 0.3) is 0 Å². The van der Waals surface area contributed by atoms with Crippen LogP contribution < -0.4 is 0 Å². The second kappa shape index (κ2) is 5.84. The number of ether oxygens (including phenoxy) is 2. The lowest BCUT2D eigenvalue weighted by molar-refractivity contribution is -0.175. The van der Waals surface area contributed by atoms with Gasteiger partial charge in [0, 0.05) is 6.42 Å². The van der Waals surface area contributed by atoms with Crippen molar-refractivity contribution in [2.75, 3.05) is 14.2 Å². The van der Waals surface area contributed by atoms with Gasteiger partial charge in [-0.3, -0.25) is 14.4 Å². The van der Waals surface area contributed by atoms with E-state index in [0.29, 0.717) is 12.8 Å². The molecular weight excluding hydrogens is 240 g/mol. The SMILES string of the molecule is COC(=O)CC1CCCCC1(C(=O)O)C(=O)OC. The summed E-state index contributed by atoms with van der Waals surface area (Å²) in [4.78, 5) is 34.7. The lowest BCUT2D eigenvalue weighted by atomic mass is 9.65. The van der Waals surface area contributed by atoms with E-state index in [4.69, 9.17) is 0 Å². The predicted molar refractivity (Wildman–Crippen MR) is 60.7 cm³/mol. The first-order valence-electron chi connectivity index (χ1n) is 5.87. The highest BCUT2D eigenvalue weighted by Crippen LogP contribution is 2.44. The first kappa shape index (κ1) is 14.5. The zero-order valence-electron chi connectivity index (χ0n) is 10.6. The maximum Gasteiger partial charge on any atom is 0.323 e. The van der Waals surface area contributed by atoms with Crippen LogP contribution in [-0.2, 0) is 23.9 Å². The molecule has 102 valence electrons. The highest BCUT2D eigenvalue weighted by molar-refractivity contribution is 6.00. The first-order valence-corrected chi connectivity index (χ1v) is 5.87. The summed E-state index contributed by atoms with van der Waals surface area (Å²) in [6.07, 6.45) is 2.08. The molecule has 0 amide bonds. The summed E-state index contributed by atoms with van der Waals surface area (Å²) >= 11 is 0. The van der Waals surface area contributed by atoms with E-state index in [0.717, 1.165) is 13.5 Å². The highest BCUT2D eigenvalue weighted by atomic mass is 16.5. The van der Waals surface area contributed by atoms with Gasteiger partial charge >= 0.3 is 17.9 Å². The molecule has 0 heterocycles. The third-order valence-electron chi connectivity index (χ3n) is 3.64. The zero-order chi connectivity index (χ0) is 13.8. The summed E-state index contributed by atoms with van der Waals surface area (Å²) in [6, 6.07) is 0. The van der Waals surface area contributed by atoms with Crippen LogP contribution in [0.5, 0.6) is 0 Å². The third kappa shape index (κ3) is 2.47. The monoisotopic (exact) mass is 258 g/mol.